The Labute approximate surface area is 367 Å². The molecule has 1 saturated heterocycles. The summed E-state index contributed by atoms with van der Waals surface area (Å²) < 4.78 is 44.4. The molecule has 0 spiro atoms. The van der Waals surface area contributed by atoms with Gasteiger partial charge in [-0.1, -0.05) is 5.16 Å². The van der Waals surface area contributed by atoms with E-state index in [2.05, 4.69) is 46.5 Å². The number of ether oxygens (including phenoxy) is 1. The molecule has 3 aliphatic rings. The molecule has 10 rings (SSSR count). The summed E-state index contributed by atoms with van der Waals surface area (Å²) in [5.74, 6) is -0.629. The number of halogens is 2. The Hall–Kier alpha value is -6.88. The second kappa shape index (κ2) is 15.1. The van der Waals surface area contributed by atoms with E-state index in [9.17, 15) is 4.79 Å². The van der Waals surface area contributed by atoms with Crippen LogP contribution in [0.1, 0.15) is 65.3 Å². The van der Waals surface area contributed by atoms with E-state index in [1.807, 2.05) is 34.6 Å². The molecule has 330 valence electrons. The summed E-state index contributed by atoms with van der Waals surface area (Å²) in [6.07, 6.45) is 5.34. The number of carbonyl (C=O) groups excluding carboxylic acids is 2. The minimum Gasteiger partial charge on any atom is -0.398 e. The van der Waals surface area contributed by atoms with Crippen LogP contribution in [-0.2, 0) is 39.9 Å². The summed E-state index contributed by atoms with van der Waals surface area (Å²) in [5, 5.41) is 17.6. The fourth-order valence-corrected chi connectivity index (χ4v) is 9.77. The van der Waals surface area contributed by atoms with Gasteiger partial charge in [-0.15, -0.1) is 0 Å². The molecule has 0 bridgehead atoms. The normalized spacial score (nSPS) is 17.0. The van der Waals surface area contributed by atoms with Crippen LogP contribution in [0.25, 0.3) is 44.6 Å². The van der Waals surface area contributed by atoms with E-state index in [0.29, 0.717) is 107 Å². The Morgan fingerprint density at radius 2 is 1.75 bits per heavy atom. The summed E-state index contributed by atoms with van der Waals surface area (Å²) >= 11 is 0. The number of hydrogen-bond acceptors (Lipinski definition) is 9. The first-order chi connectivity index (χ1) is 30.7. The van der Waals surface area contributed by atoms with Crippen molar-refractivity contribution in [1.29, 1.82) is 0 Å². The first-order valence-corrected chi connectivity index (χ1v) is 21.4. The van der Waals surface area contributed by atoms with Crippen molar-refractivity contribution in [2.24, 2.45) is 12.2 Å². The van der Waals surface area contributed by atoms with Gasteiger partial charge in [0.25, 0.3) is 5.91 Å². The minimum absolute atomic E-state index is 0.180. The van der Waals surface area contributed by atoms with E-state index >= 15 is 13.6 Å². The number of carbonyl (C=O) groups is 2. The van der Waals surface area contributed by atoms with Crippen molar-refractivity contribution in [3.63, 3.8) is 0 Å². The molecule has 1 aliphatic carbocycles. The standard InChI is InChI=1S/C47H49F2N11O4/c1-27-18-32(19-28(2)40(27)48)60-43(42-29(3)58(25-50-42)38-11-10-37-33(41(38)49)22-52-55(37)6)34-23-56(15-12-35(34)53-60)44(62)39-21-30-20-31(57-16-17-64-46(4,5)24-57)8-9-36(30)59(39)47(13-14-47)45(51-26-61)54-63-7/h8-11,18-22,25-26H,12-17,23-24H2,1-7H3,(H,51,54,61). The van der Waals surface area contributed by atoms with Crippen molar-refractivity contribution >= 4 is 45.6 Å². The molecule has 0 atom stereocenters. The van der Waals surface area contributed by atoms with Crippen LogP contribution in [-0.4, -0.2) is 95.7 Å². The summed E-state index contributed by atoms with van der Waals surface area (Å²) in [5.41, 5.74) is 7.01. The van der Waals surface area contributed by atoms with Gasteiger partial charge in [0.05, 0.1) is 58.6 Å². The van der Waals surface area contributed by atoms with E-state index in [1.165, 1.54) is 13.3 Å². The Morgan fingerprint density at radius 1 is 0.984 bits per heavy atom. The zero-order chi connectivity index (χ0) is 44.8. The molecule has 2 fully saturated rings. The lowest BCUT2D eigenvalue weighted by Gasteiger charge is -2.39. The Balaban J connectivity index is 1.09. The molecule has 7 aromatic rings. The third-order valence-corrected chi connectivity index (χ3v) is 13.1. The van der Waals surface area contributed by atoms with Crippen LogP contribution in [0.4, 0.5) is 14.5 Å². The van der Waals surface area contributed by atoms with Crippen molar-refractivity contribution < 1.29 is 27.9 Å². The van der Waals surface area contributed by atoms with Gasteiger partial charge in [-0.2, -0.15) is 10.2 Å². The maximum Gasteiger partial charge on any atom is 0.270 e. The number of benzene rings is 3. The molecule has 2 aliphatic heterocycles. The van der Waals surface area contributed by atoms with Crippen LogP contribution < -0.4 is 10.2 Å². The number of nitrogens with zero attached hydrogens (tertiary/aromatic N) is 10. The highest BCUT2D eigenvalue weighted by molar-refractivity contribution is 6.04. The fourth-order valence-electron chi connectivity index (χ4n) is 9.77. The summed E-state index contributed by atoms with van der Waals surface area (Å²) in [4.78, 5) is 41.5. The van der Waals surface area contributed by atoms with Gasteiger partial charge in [0.1, 0.15) is 36.2 Å². The highest BCUT2D eigenvalue weighted by atomic mass is 19.1. The van der Waals surface area contributed by atoms with E-state index in [4.69, 9.17) is 19.7 Å². The van der Waals surface area contributed by atoms with Gasteiger partial charge in [0, 0.05) is 61.0 Å². The van der Waals surface area contributed by atoms with Gasteiger partial charge in [-0.05, 0) is 107 Å². The topological polar surface area (TPSA) is 142 Å². The van der Waals surface area contributed by atoms with Crippen molar-refractivity contribution in [3.8, 4) is 22.8 Å². The summed E-state index contributed by atoms with van der Waals surface area (Å²) in [6.45, 7) is 12.0. The second-order valence-electron chi connectivity index (χ2n) is 17.8. The second-order valence-corrected chi connectivity index (χ2v) is 17.8. The molecule has 3 aromatic carbocycles. The Bertz CT molecular complexity index is 3060. The van der Waals surface area contributed by atoms with E-state index in [-0.39, 0.29) is 23.9 Å². The molecule has 1 N–H and O–H groups in total. The average Bonchev–Trinajstić information content (AvgIpc) is 3.50. The molecule has 2 amide bonds. The Kier molecular flexibility index (Phi) is 9.73. The SMILES string of the molecule is CO/N=C(\NC=O)C1(n2c(C(=O)N3CCc4nn(-c5cc(C)c(F)c(C)c5)c(-c5ncn(-c6ccc7c(cnn7C)c6F)c5C)c4C3)cc3cc(N4CCOC(C)(C)C4)ccc32)CC1. The number of amides is 2. The van der Waals surface area contributed by atoms with Crippen molar-refractivity contribution in [1.82, 2.24) is 43.9 Å². The molecule has 0 unspecified atom stereocenters. The summed E-state index contributed by atoms with van der Waals surface area (Å²) in [7, 11) is 3.19. The molecular formula is C47H49F2N11O4. The monoisotopic (exact) mass is 869 g/mol. The maximum absolute atomic E-state index is 16.2. The third-order valence-electron chi connectivity index (χ3n) is 13.1. The Morgan fingerprint density at radius 3 is 2.47 bits per heavy atom. The van der Waals surface area contributed by atoms with Crippen LogP contribution in [0.2, 0.25) is 0 Å². The number of morpholine rings is 1. The lowest BCUT2D eigenvalue weighted by molar-refractivity contribution is -0.108. The minimum atomic E-state index is -0.834. The molecule has 4 aromatic heterocycles. The number of aryl methyl sites for hydroxylation is 3. The largest absolute Gasteiger partial charge is 0.398 e. The van der Waals surface area contributed by atoms with Crippen LogP contribution in [0, 0.1) is 32.4 Å². The molecular weight excluding hydrogens is 821 g/mol. The predicted octanol–water partition coefficient (Wildman–Crippen LogP) is 6.78. The number of fused-ring (bicyclic) bond motifs is 3. The van der Waals surface area contributed by atoms with Crippen LogP contribution in [0.3, 0.4) is 0 Å². The zero-order valence-corrected chi connectivity index (χ0v) is 36.9. The number of rotatable bonds is 9. The average molecular weight is 870 g/mol. The lowest BCUT2D eigenvalue weighted by Crippen LogP contribution is -2.48. The summed E-state index contributed by atoms with van der Waals surface area (Å²) in [6, 6.07) is 15.2. The third kappa shape index (κ3) is 6.54. The quantitative estimate of drug-likeness (QED) is 0.0725. The van der Waals surface area contributed by atoms with Crippen molar-refractivity contribution in [2.45, 2.75) is 71.6 Å². The lowest BCUT2D eigenvalue weighted by atomic mass is 10.0. The smallest absolute Gasteiger partial charge is 0.270 e. The molecule has 0 radical (unpaired) electrons. The highest BCUT2D eigenvalue weighted by Crippen LogP contribution is 2.48. The number of aromatic nitrogens is 7. The highest BCUT2D eigenvalue weighted by Gasteiger charge is 2.53. The first-order valence-electron chi connectivity index (χ1n) is 21.4. The van der Waals surface area contributed by atoms with E-state index in [1.54, 1.807) is 59.4 Å². The van der Waals surface area contributed by atoms with Crippen LogP contribution in [0.5, 0.6) is 0 Å². The van der Waals surface area contributed by atoms with Gasteiger partial charge in [-0.25, -0.2) is 18.4 Å². The maximum atomic E-state index is 16.2. The number of anilines is 1. The van der Waals surface area contributed by atoms with Gasteiger partial charge >= 0.3 is 0 Å². The molecule has 15 nitrogen and oxygen atoms in total. The molecule has 17 heteroatoms. The number of hydrogen-bond donors (Lipinski definition) is 1. The molecule has 64 heavy (non-hydrogen) atoms. The molecule has 1 saturated carbocycles. The van der Waals surface area contributed by atoms with Crippen molar-refractivity contribution in [3.05, 3.63) is 106 Å². The molecule has 6 heterocycles. The van der Waals surface area contributed by atoms with Gasteiger partial charge in [0.15, 0.2) is 11.7 Å². The van der Waals surface area contributed by atoms with E-state index < -0.39 is 11.4 Å². The zero-order valence-electron chi connectivity index (χ0n) is 36.9. The number of oxime groups is 1. The van der Waals surface area contributed by atoms with Gasteiger partial charge in [0.2, 0.25) is 6.41 Å². The van der Waals surface area contributed by atoms with Gasteiger partial charge < -0.3 is 29.3 Å². The number of imidazole rings is 1. The van der Waals surface area contributed by atoms with Crippen LogP contribution >= 0.6 is 0 Å². The van der Waals surface area contributed by atoms with Crippen LogP contribution in [0.15, 0.2) is 66.2 Å². The number of nitrogens with one attached hydrogen (secondary N) is 1. The first kappa shape index (κ1) is 41.1. The predicted molar refractivity (Wildman–Crippen MR) is 238 cm³/mol. The van der Waals surface area contributed by atoms with Gasteiger partial charge in [-0.3, -0.25) is 18.8 Å². The fraction of sp³-hybridized carbons (Fsp3) is 0.362. The van der Waals surface area contributed by atoms with Crippen molar-refractivity contribution in [2.75, 3.05) is 38.3 Å². The number of amidine groups is 1. The van der Waals surface area contributed by atoms with E-state index in [0.717, 1.165) is 34.4 Å².